The fourth-order valence-electron chi connectivity index (χ4n) is 2.27. The average molecular weight is 361 g/mol. The summed E-state index contributed by atoms with van der Waals surface area (Å²) in [6.07, 6.45) is -0.348. The molecule has 0 aliphatic rings. The standard InChI is InChI=1S/C17H18BClN2O4/c19-14-8-4-7-13(9-14)15(10-16(22)20-11-18(24)25)21-17(23)12-5-2-1-3-6-12/h1-9,15,24-25H,10-11H2,(H,20,22)(H,21,23). The van der Waals surface area contributed by atoms with Crippen LogP contribution in [-0.2, 0) is 4.79 Å². The molecule has 4 N–H and O–H groups in total. The Labute approximate surface area is 151 Å². The summed E-state index contributed by atoms with van der Waals surface area (Å²) >= 11 is 6.00. The highest BCUT2D eigenvalue weighted by Crippen LogP contribution is 2.21. The van der Waals surface area contributed by atoms with Crippen molar-refractivity contribution in [1.29, 1.82) is 0 Å². The van der Waals surface area contributed by atoms with E-state index in [1.807, 2.05) is 0 Å². The lowest BCUT2D eigenvalue weighted by Crippen LogP contribution is -2.38. The van der Waals surface area contributed by atoms with E-state index in [0.29, 0.717) is 16.1 Å². The first kappa shape index (κ1) is 19.0. The van der Waals surface area contributed by atoms with Crippen LogP contribution in [0.2, 0.25) is 5.02 Å². The fraction of sp³-hybridized carbons (Fsp3) is 0.176. The molecular formula is C17H18BClN2O4. The maximum absolute atomic E-state index is 12.4. The number of benzene rings is 2. The van der Waals surface area contributed by atoms with Gasteiger partial charge in [0.2, 0.25) is 5.91 Å². The number of amides is 2. The van der Waals surface area contributed by atoms with Gasteiger partial charge in [0.1, 0.15) is 0 Å². The van der Waals surface area contributed by atoms with Crippen LogP contribution in [0.1, 0.15) is 28.4 Å². The monoisotopic (exact) mass is 360 g/mol. The van der Waals surface area contributed by atoms with Crippen LogP contribution >= 0.6 is 11.6 Å². The molecular weight excluding hydrogens is 342 g/mol. The minimum atomic E-state index is -1.63. The molecule has 1 unspecified atom stereocenters. The molecule has 2 rings (SSSR count). The van der Waals surface area contributed by atoms with Crippen molar-refractivity contribution in [3.63, 3.8) is 0 Å². The summed E-state index contributed by atoms with van der Waals surface area (Å²) in [5.74, 6) is -0.744. The number of nitrogens with one attached hydrogen (secondary N) is 2. The molecule has 2 amide bonds. The predicted octanol–water partition coefficient (Wildman–Crippen LogP) is 1.33. The lowest BCUT2D eigenvalue weighted by Gasteiger charge is -2.19. The molecule has 2 aromatic rings. The summed E-state index contributed by atoms with van der Waals surface area (Å²) in [5, 5.41) is 23.4. The summed E-state index contributed by atoms with van der Waals surface area (Å²) in [7, 11) is -1.63. The first-order chi connectivity index (χ1) is 12.0. The van der Waals surface area contributed by atoms with Gasteiger partial charge in [0.05, 0.1) is 18.9 Å². The topological polar surface area (TPSA) is 98.7 Å². The maximum Gasteiger partial charge on any atom is 0.472 e. The fourth-order valence-corrected chi connectivity index (χ4v) is 2.47. The van der Waals surface area contributed by atoms with Crippen LogP contribution in [-0.4, -0.2) is 35.4 Å². The van der Waals surface area contributed by atoms with Crippen molar-refractivity contribution in [3.8, 4) is 0 Å². The lowest BCUT2D eigenvalue weighted by molar-refractivity contribution is -0.121. The van der Waals surface area contributed by atoms with Crippen LogP contribution < -0.4 is 10.6 Å². The van der Waals surface area contributed by atoms with Crippen LogP contribution in [0.25, 0.3) is 0 Å². The third kappa shape index (κ3) is 6.23. The lowest BCUT2D eigenvalue weighted by atomic mass is 9.92. The molecule has 25 heavy (non-hydrogen) atoms. The predicted molar refractivity (Wildman–Crippen MR) is 95.9 cm³/mol. The van der Waals surface area contributed by atoms with Gasteiger partial charge < -0.3 is 20.7 Å². The molecule has 0 aliphatic heterocycles. The molecule has 8 heteroatoms. The van der Waals surface area contributed by atoms with E-state index in [1.165, 1.54) is 0 Å². The summed E-state index contributed by atoms with van der Waals surface area (Å²) in [6, 6.07) is 14.9. The van der Waals surface area contributed by atoms with Crippen molar-refractivity contribution in [2.75, 3.05) is 6.44 Å². The number of hydrogen-bond donors (Lipinski definition) is 4. The van der Waals surface area contributed by atoms with Crippen LogP contribution in [0.4, 0.5) is 0 Å². The largest absolute Gasteiger partial charge is 0.472 e. The van der Waals surface area contributed by atoms with Gasteiger partial charge in [-0.15, -0.1) is 0 Å². The van der Waals surface area contributed by atoms with Crippen molar-refractivity contribution in [2.24, 2.45) is 0 Å². The van der Waals surface area contributed by atoms with Crippen molar-refractivity contribution < 1.29 is 19.6 Å². The van der Waals surface area contributed by atoms with Gasteiger partial charge in [-0.3, -0.25) is 9.59 Å². The minimum Gasteiger partial charge on any atom is -0.426 e. The summed E-state index contributed by atoms with van der Waals surface area (Å²) in [5.41, 5.74) is 1.15. The molecule has 0 saturated carbocycles. The quantitative estimate of drug-likeness (QED) is 0.560. The molecule has 1 atom stereocenters. The second kappa shape index (κ2) is 9.22. The third-order valence-electron chi connectivity index (χ3n) is 3.46. The van der Waals surface area contributed by atoms with Crippen LogP contribution in [0.5, 0.6) is 0 Å². The van der Waals surface area contributed by atoms with Crippen LogP contribution in [0, 0.1) is 0 Å². The number of halogens is 1. The molecule has 130 valence electrons. The average Bonchev–Trinajstić information content (AvgIpc) is 2.60. The van der Waals surface area contributed by atoms with Crippen LogP contribution in [0.15, 0.2) is 54.6 Å². The van der Waals surface area contributed by atoms with Gasteiger partial charge in [0, 0.05) is 10.6 Å². The third-order valence-corrected chi connectivity index (χ3v) is 3.70. The van der Waals surface area contributed by atoms with Gasteiger partial charge in [0.25, 0.3) is 5.91 Å². The summed E-state index contributed by atoms with van der Waals surface area (Å²) in [6.45, 7) is 0. The van der Waals surface area contributed by atoms with Gasteiger partial charge in [0.15, 0.2) is 0 Å². The van der Waals surface area contributed by atoms with E-state index in [0.717, 1.165) is 0 Å². The smallest absolute Gasteiger partial charge is 0.426 e. The Morgan fingerprint density at radius 2 is 1.80 bits per heavy atom. The molecule has 6 nitrogen and oxygen atoms in total. The first-order valence-electron chi connectivity index (χ1n) is 7.70. The summed E-state index contributed by atoms with van der Waals surface area (Å²) in [4.78, 5) is 24.4. The second-order valence-electron chi connectivity index (χ2n) is 5.44. The van der Waals surface area contributed by atoms with Crippen molar-refractivity contribution in [2.45, 2.75) is 12.5 Å². The number of hydrogen-bond acceptors (Lipinski definition) is 4. The van der Waals surface area contributed by atoms with E-state index in [4.69, 9.17) is 21.6 Å². The zero-order valence-electron chi connectivity index (χ0n) is 13.4. The molecule has 0 radical (unpaired) electrons. The van der Waals surface area contributed by atoms with Crippen molar-refractivity contribution in [1.82, 2.24) is 10.6 Å². The SMILES string of the molecule is O=C(CC(NC(=O)c1ccccc1)c1cccc(Cl)c1)NCB(O)O. The molecule has 2 aromatic carbocycles. The molecule has 0 aliphatic carbocycles. The molecule has 0 bridgehead atoms. The van der Waals surface area contributed by atoms with Gasteiger partial charge in [-0.2, -0.15) is 0 Å². The Kier molecular flexibility index (Phi) is 7.00. The Morgan fingerprint density at radius 3 is 2.44 bits per heavy atom. The first-order valence-corrected chi connectivity index (χ1v) is 8.07. The Bertz CT molecular complexity index is 728. The zero-order valence-corrected chi connectivity index (χ0v) is 14.1. The highest BCUT2D eigenvalue weighted by Gasteiger charge is 2.20. The van der Waals surface area contributed by atoms with Gasteiger partial charge >= 0.3 is 7.12 Å². The van der Waals surface area contributed by atoms with Crippen molar-refractivity contribution >= 4 is 30.5 Å². The second-order valence-corrected chi connectivity index (χ2v) is 5.87. The van der Waals surface area contributed by atoms with Crippen molar-refractivity contribution in [3.05, 3.63) is 70.7 Å². The minimum absolute atomic E-state index is 0.0639. The molecule has 0 aromatic heterocycles. The van der Waals surface area contributed by atoms with E-state index in [-0.39, 0.29) is 18.8 Å². The maximum atomic E-state index is 12.4. The van der Waals surface area contributed by atoms with Crippen LogP contribution in [0.3, 0.4) is 0 Å². The van der Waals surface area contributed by atoms with E-state index >= 15 is 0 Å². The summed E-state index contributed by atoms with van der Waals surface area (Å²) < 4.78 is 0. The van der Waals surface area contributed by atoms with Gasteiger partial charge in [-0.05, 0) is 29.8 Å². The van der Waals surface area contributed by atoms with E-state index in [2.05, 4.69) is 10.6 Å². The Hall–Kier alpha value is -2.35. The zero-order chi connectivity index (χ0) is 18.2. The molecule has 0 spiro atoms. The molecule has 0 fully saturated rings. The number of carbonyl (C=O) groups is 2. The normalized spacial score (nSPS) is 11.5. The van der Waals surface area contributed by atoms with E-state index < -0.39 is 19.1 Å². The molecule has 0 heterocycles. The highest BCUT2D eigenvalue weighted by molar-refractivity contribution is 6.41. The van der Waals surface area contributed by atoms with Gasteiger partial charge in [-0.1, -0.05) is 41.9 Å². The number of rotatable bonds is 7. The Morgan fingerprint density at radius 1 is 1.08 bits per heavy atom. The number of carbonyl (C=O) groups excluding carboxylic acids is 2. The van der Waals surface area contributed by atoms with E-state index in [1.54, 1.807) is 54.6 Å². The molecule has 0 saturated heterocycles. The highest BCUT2D eigenvalue weighted by atomic mass is 35.5. The Balaban J connectivity index is 2.14. The van der Waals surface area contributed by atoms with Gasteiger partial charge in [-0.25, -0.2) is 0 Å². The van der Waals surface area contributed by atoms with E-state index in [9.17, 15) is 9.59 Å².